The van der Waals surface area contributed by atoms with Crippen LogP contribution in [0.25, 0.3) is 26.8 Å². The second-order valence-corrected chi connectivity index (χ2v) is 7.31. The second-order valence-electron chi connectivity index (χ2n) is 6.27. The standard InChI is InChI=1S/C21H14N4O2S/c26-19-15-5-1-2-6-16(15)24-21(27)25(19)14-11-9-13(10-12-14)22-20-23-17-7-3-4-8-18(17)28-20/h1-12H,(H,22,23)(H,24,27). The topological polar surface area (TPSA) is 79.8 Å². The van der Waals surface area contributed by atoms with E-state index in [1.807, 2.05) is 36.4 Å². The second kappa shape index (κ2) is 6.47. The molecule has 0 atom stereocenters. The summed E-state index contributed by atoms with van der Waals surface area (Å²) < 4.78 is 2.25. The first-order valence-corrected chi connectivity index (χ1v) is 9.48. The van der Waals surface area contributed by atoms with E-state index in [-0.39, 0.29) is 5.56 Å². The van der Waals surface area contributed by atoms with Crippen molar-refractivity contribution in [3.05, 3.63) is 93.6 Å². The number of nitrogens with one attached hydrogen (secondary N) is 2. The van der Waals surface area contributed by atoms with Gasteiger partial charge < -0.3 is 10.3 Å². The zero-order chi connectivity index (χ0) is 19.1. The van der Waals surface area contributed by atoms with Crippen molar-refractivity contribution in [2.75, 3.05) is 5.32 Å². The molecule has 3 aromatic carbocycles. The molecule has 7 heteroatoms. The summed E-state index contributed by atoms with van der Waals surface area (Å²) in [6, 6.07) is 22.0. The van der Waals surface area contributed by atoms with Crippen LogP contribution in [0, 0.1) is 0 Å². The van der Waals surface area contributed by atoms with Gasteiger partial charge in [0.05, 0.1) is 26.8 Å². The monoisotopic (exact) mass is 386 g/mol. The normalized spacial score (nSPS) is 11.1. The third-order valence-corrected chi connectivity index (χ3v) is 5.43. The van der Waals surface area contributed by atoms with Crippen LogP contribution in [0.15, 0.2) is 82.4 Å². The van der Waals surface area contributed by atoms with E-state index in [0.29, 0.717) is 16.6 Å². The van der Waals surface area contributed by atoms with Gasteiger partial charge in [-0.15, -0.1) is 0 Å². The first-order chi connectivity index (χ1) is 13.7. The van der Waals surface area contributed by atoms with E-state index in [1.165, 1.54) is 0 Å². The van der Waals surface area contributed by atoms with Crippen LogP contribution in [-0.2, 0) is 0 Å². The number of nitrogens with zero attached hydrogens (tertiary/aromatic N) is 2. The number of hydrogen-bond acceptors (Lipinski definition) is 5. The van der Waals surface area contributed by atoms with Crippen molar-refractivity contribution in [3.8, 4) is 5.69 Å². The number of aromatic amines is 1. The fourth-order valence-corrected chi connectivity index (χ4v) is 4.03. The number of anilines is 2. The molecule has 0 aliphatic rings. The average molecular weight is 386 g/mol. The summed E-state index contributed by atoms with van der Waals surface area (Å²) in [4.78, 5) is 32.5. The molecule has 0 aliphatic heterocycles. The van der Waals surface area contributed by atoms with Crippen molar-refractivity contribution < 1.29 is 0 Å². The zero-order valence-electron chi connectivity index (χ0n) is 14.5. The Morgan fingerprint density at radius 3 is 2.46 bits per heavy atom. The van der Waals surface area contributed by atoms with E-state index in [0.717, 1.165) is 25.6 Å². The third kappa shape index (κ3) is 2.78. The first-order valence-electron chi connectivity index (χ1n) is 8.66. The van der Waals surface area contributed by atoms with E-state index in [1.54, 1.807) is 47.7 Å². The van der Waals surface area contributed by atoms with Gasteiger partial charge in [0.2, 0.25) is 0 Å². The minimum absolute atomic E-state index is 0.341. The molecule has 0 saturated carbocycles. The maximum absolute atomic E-state index is 12.7. The van der Waals surface area contributed by atoms with Gasteiger partial charge >= 0.3 is 5.69 Å². The predicted molar refractivity (Wildman–Crippen MR) is 113 cm³/mol. The predicted octanol–water partition coefficient (Wildman–Crippen LogP) is 4.03. The summed E-state index contributed by atoms with van der Waals surface area (Å²) in [7, 11) is 0. The van der Waals surface area contributed by atoms with Crippen molar-refractivity contribution in [2.45, 2.75) is 0 Å². The minimum Gasteiger partial charge on any atom is -0.332 e. The molecule has 0 aliphatic carbocycles. The molecule has 5 aromatic rings. The van der Waals surface area contributed by atoms with E-state index < -0.39 is 5.69 Å². The van der Waals surface area contributed by atoms with Crippen LogP contribution in [0.2, 0.25) is 0 Å². The van der Waals surface area contributed by atoms with Crippen LogP contribution in [0.3, 0.4) is 0 Å². The van der Waals surface area contributed by atoms with Gasteiger partial charge in [0.1, 0.15) is 0 Å². The Morgan fingerprint density at radius 1 is 0.893 bits per heavy atom. The largest absolute Gasteiger partial charge is 0.333 e. The lowest BCUT2D eigenvalue weighted by Gasteiger charge is -2.08. The lowest BCUT2D eigenvalue weighted by molar-refractivity contribution is 0.901. The van der Waals surface area contributed by atoms with Crippen molar-refractivity contribution in [1.29, 1.82) is 0 Å². The fourth-order valence-electron chi connectivity index (χ4n) is 3.14. The Balaban J connectivity index is 1.51. The van der Waals surface area contributed by atoms with Gasteiger partial charge in [-0.2, -0.15) is 0 Å². The van der Waals surface area contributed by atoms with Crippen molar-refractivity contribution >= 4 is 43.3 Å². The van der Waals surface area contributed by atoms with Gasteiger partial charge in [-0.3, -0.25) is 4.79 Å². The fraction of sp³-hybridized carbons (Fsp3) is 0. The quantitative estimate of drug-likeness (QED) is 0.491. The lowest BCUT2D eigenvalue weighted by atomic mass is 10.2. The molecule has 136 valence electrons. The molecule has 28 heavy (non-hydrogen) atoms. The zero-order valence-corrected chi connectivity index (χ0v) is 15.4. The van der Waals surface area contributed by atoms with E-state index in [4.69, 9.17) is 0 Å². The Hall–Kier alpha value is -3.71. The number of para-hydroxylation sites is 2. The number of thiazole rings is 1. The van der Waals surface area contributed by atoms with Gasteiger partial charge in [0.15, 0.2) is 5.13 Å². The molecule has 2 N–H and O–H groups in total. The lowest BCUT2D eigenvalue weighted by Crippen LogP contribution is -2.33. The Morgan fingerprint density at radius 2 is 1.64 bits per heavy atom. The van der Waals surface area contributed by atoms with Crippen molar-refractivity contribution in [1.82, 2.24) is 14.5 Å². The highest BCUT2D eigenvalue weighted by molar-refractivity contribution is 7.22. The molecule has 2 aromatic heterocycles. The highest BCUT2D eigenvalue weighted by atomic mass is 32.1. The van der Waals surface area contributed by atoms with Gasteiger partial charge in [-0.05, 0) is 48.5 Å². The molecule has 0 saturated heterocycles. The maximum atomic E-state index is 12.7. The molecule has 0 spiro atoms. The average Bonchev–Trinajstić information content (AvgIpc) is 3.11. The molecule has 0 fully saturated rings. The van der Waals surface area contributed by atoms with E-state index in [2.05, 4.69) is 15.3 Å². The molecule has 2 heterocycles. The molecule has 0 radical (unpaired) electrons. The van der Waals surface area contributed by atoms with Crippen LogP contribution in [0.5, 0.6) is 0 Å². The molecule has 0 bridgehead atoms. The van der Waals surface area contributed by atoms with E-state index in [9.17, 15) is 9.59 Å². The minimum atomic E-state index is -0.462. The Labute approximate surface area is 162 Å². The SMILES string of the molecule is O=c1[nH]c2ccccc2c(=O)n1-c1ccc(Nc2nc3ccccc3s2)cc1. The van der Waals surface area contributed by atoms with Crippen LogP contribution < -0.4 is 16.6 Å². The third-order valence-electron chi connectivity index (χ3n) is 4.48. The van der Waals surface area contributed by atoms with Crippen LogP contribution in [0.1, 0.15) is 0 Å². The summed E-state index contributed by atoms with van der Waals surface area (Å²) in [5.74, 6) is 0. The van der Waals surface area contributed by atoms with Gasteiger partial charge in [0.25, 0.3) is 5.56 Å². The number of aromatic nitrogens is 3. The van der Waals surface area contributed by atoms with Gasteiger partial charge in [0, 0.05) is 5.69 Å². The Bertz CT molecular complexity index is 1400. The maximum Gasteiger partial charge on any atom is 0.333 e. The molecule has 0 amide bonds. The van der Waals surface area contributed by atoms with E-state index >= 15 is 0 Å². The summed E-state index contributed by atoms with van der Waals surface area (Å²) >= 11 is 1.57. The number of fused-ring (bicyclic) bond motifs is 2. The highest BCUT2D eigenvalue weighted by Gasteiger charge is 2.09. The number of rotatable bonds is 3. The van der Waals surface area contributed by atoms with Gasteiger partial charge in [-0.25, -0.2) is 14.3 Å². The summed E-state index contributed by atoms with van der Waals surface area (Å²) in [5.41, 5.74) is 2.01. The first kappa shape index (κ1) is 16.5. The van der Waals surface area contributed by atoms with Gasteiger partial charge in [-0.1, -0.05) is 35.6 Å². The van der Waals surface area contributed by atoms with Crippen LogP contribution >= 0.6 is 11.3 Å². The van der Waals surface area contributed by atoms with Crippen molar-refractivity contribution in [2.24, 2.45) is 0 Å². The number of H-pyrrole nitrogens is 1. The van der Waals surface area contributed by atoms with Crippen LogP contribution in [0.4, 0.5) is 10.8 Å². The highest BCUT2D eigenvalue weighted by Crippen LogP contribution is 2.28. The van der Waals surface area contributed by atoms with Crippen LogP contribution in [-0.4, -0.2) is 14.5 Å². The molecular weight excluding hydrogens is 372 g/mol. The molecule has 5 rings (SSSR count). The molecular formula is C21H14N4O2S. The molecule has 0 unspecified atom stereocenters. The summed E-state index contributed by atoms with van der Waals surface area (Å²) in [6.07, 6.45) is 0. The number of hydrogen-bond donors (Lipinski definition) is 2. The Kier molecular flexibility index (Phi) is 3.80. The molecule has 6 nitrogen and oxygen atoms in total. The summed E-state index contributed by atoms with van der Waals surface area (Å²) in [5, 5.41) is 4.52. The smallest absolute Gasteiger partial charge is 0.332 e. The number of benzene rings is 3. The summed E-state index contributed by atoms with van der Waals surface area (Å²) in [6.45, 7) is 0. The van der Waals surface area contributed by atoms with Crippen molar-refractivity contribution in [3.63, 3.8) is 0 Å².